The summed E-state index contributed by atoms with van der Waals surface area (Å²) in [4.78, 5) is 13.6. The third-order valence-corrected chi connectivity index (χ3v) is 3.34. The lowest BCUT2D eigenvalue weighted by Crippen LogP contribution is -2.46. The molecule has 1 aromatic carbocycles. The molecule has 2 rings (SSSR count). The van der Waals surface area contributed by atoms with Gasteiger partial charge in [-0.3, -0.25) is 4.79 Å². The highest BCUT2D eigenvalue weighted by Crippen LogP contribution is 2.27. The van der Waals surface area contributed by atoms with Gasteiger partial charge in [0.25, 0.3) is 0 Å². The van der Waals surface area contributed by atoms with E-state index in [1.54, 1.807) is 33.6 Å². The van der Waals surface area contributed by atoms with Gasteiger partial charge in [0.1, 0.15) is 5.75 Å². The van der Waals surface area contributed by atoms with Gasteiger partial charge in [0.15, 0.2) is 12.1 Å². The van der Waals surface area contributed by atoms with Gasteiger partial charge in [-0.25, -0.2) is 0 Å². The zero-order valence-corrected chi connectivity index (χ0v) is 11.9. The van der Waals surface area contributed by atoms with E-state index in [1.807, 2.05) is 29.2 Å². The van der Waals surface area contributed by atoms with Gasteiger partial charge in [-0.05, 0) is 30.3 Å². The Hall–Kier alpha value is -1.85. The first-order chi connectivity index (χ1) is 9.69. The van der Waals surface area contributed by atoms with E-state index < -0.39 is 6.29 Å². The predicted molar refractivity (Wildman–Crippen MR) is 75.8 cm³/mol. The SMILES string of the molecule is COc1ccc(N2C=CC(=O)C[C@H]2C(OC)OC)cc1. The molecule has 0 saturated carbocycles. The average Bonchev–Trinajstić information content (AvgIpc) is 2.49. The van der Waals surface area contributed by atoms with E-state index in [2.05, 4.69) is 0 Å². The van der Waals surface area contributed by atoms with Crippen LogP contribution in [0.4, 0.5) is 5.69 Å². The number of anilines is 1. The van der Waals surface area contributed by atoms with Crippen LogP contribution in [-0.4, -0.2) is 39.4 Å². The lowest BCUT2D eigenvalue weighted by Gasteiger charge is -2.36. The maximum atomic E-state index is 11.6. The zero-order chi connectivity index (χ0) is 14.5. The number of rotatable bonds is 5. The van der Waals surface area contributed by atoms with Crippen molar-refractivity contribution in [2.75, 3.05) is 26.2 Å². The standard InChI is InChI=1S/C15H19NO4/c1-18-13-6-4-11(5-7-13)16-9-8-12(17)10-14(16)15(19-2)20-3/h4-9,14-15H,10H2,1-3H3/t14-/m0/s1. The Morgan fingerprint density at radius 2 is 1.80 bits per heavy atom. The summed E-state index contributed by atoms with van der Waals surface area (Å²) in [5.74, 6) is 0.858. The molecule has 0 spiro atoms. The highest BCUT2D eigenvalue weighted by atomic mass is 16.7. The molecular formula is C15H19NO4. The number of hydrogen-bond donors (Lipinski definition) is 0. The first-order valence-corrected chi connectivity index (χ1v) is 6.38. The van der Waals surface area contributed by atoms with Crippen molar-refractivity contribution in [2.24, 2.45) is 0 Å². The van der Waals surface area contributed by atoms with E-state index in [4.69, 9.17) is 14.2 Å². The van der Waals surface area contributed by atoms with Gasteiger partial charge in [-0.15, -0.1) is 0 Å². The molecule has 1 aliphatic heterocycles. The molecule has 0 bridgehead atoms. The number of methoxy groups -OCH3 is 3. The molecule has 0 aromatic heterocycles. The molecule has 0 saturated heterocycles. The van der Waals surface area contributed by atoms with Gasteiger partial charge in [-0.2, -0.15) is 0 Å². The molecule has 0 radical (unpaired) electrons. The average molecular weight is 277 g/mol. The number of benzene rings is 1. The van der Waals surface area contributed by atoms with Crippen LogP contribution in [0, 0.1) is 0 Å². The van der Waals surface area contributed by atoms with Crippen molar-refractivity contribution in [1.82, 2.24) is 0 Å². The third-order valence-electron chi connectivity index (χ3n) is 3.34. The molecule has 108 valence electrons. The maximum Gasteiger partial charge on any atom is 0.177 e. The van der Waals surface area contributed by atoms with Crippen molar-refractivity contribution >= 4 is 11.5 Å². The van der Waals surface area contributed by atoms with Crippen LogP contribution in [0.3, 0.4) is 0 Å². The molecular weight excluding hydrogens is 258 g/mol. The number of carbonyl (C=O) groups is 1. The van der Waals surface area contributed by atoms with Crippen molar-refractivity contribution < 1.29 is 19.0 Å². The summed E-state index contributed by atoms with van der Waals surface area (Å²) in [6.07, 6.45) is 3.23. The van der Waals surface area contributed by atoms with E-state index in [0.29, 0.717) is 6.42 Å². The smallest absolute Gasteiger partial charge is 0.177 e. The highest BCUT2D eigenvalue weighted by Gasteiger charge is 2.31. The molecule has 0 N–H and O–H groups in total. The molecule has 0 unspecified atom stereocenters. The molecule has 0 fully saturated rings. The van der Waals surface area contributed by atoms with Gasteiger partial charge in [0.2, 0.25) is 0 Å². The molecule has 1 atom stereocenters. The minimum Gasteiger partial charge on any atom is -0.497 e. The van der Waals surface area contributed by atoms with E-state index in [9.17, 15) is 4.79 Å². The predicted octanol–water partition coefficient (Wildman–Crippen LogP) is 1.98. The molecule has 5 heteroatoms. The van der Waals surface area contributed by atoms with E-state index in [1.165, 1.54) is 0 Å². The van der Waals surface area contributed by atoms with Crippen LogP contribution in [-0.2, 0) is 14.3 Å². The van der Waals surface area contributed by atoms with Gasteiger partial charge in [-0.1, -0.05) is 0 Å². The van der Waals surface area contributed by atoms with Gasteiger partial charge in [0, 0.05) is 32.5 Å². The zero-order valence-electron chi connectivity index (χ0n) is 11.9. The normalized spacial score (nSPS) is 18.7. The monoisotopic (exact) mass is 277 g/mol. The molecule has 1 aromatic rings. The summed E-state index contributed by atoms with van der Waals surface area (Å²) >= 11 is 0. The van der Waals surface area contributed by atoms with Crippen LogP contribution in [0.1, 0.15) is 6.42 Å². The van der Waals surface area contributed by atoms with Crippen LogP contribution in [0.15, 0.2) is 36.5 Å². The lowest BCUT2D eigenvalue weighted by atomic mass is 10.0. The first-order valence-electron chi connectivity index (χ1n) is 6.38. The summed E-state index contributed by atoms with van der Waals surface area (Å²) in [5, 5.41) is 0. The maximum absolute atomic E-state index is 11.6. The quantitative estimate of drug-likeness (QED) is 0.770. The Bertz CT molecular complexity index is 479. The molecule has 0 amide bonds. The lowest BCUT2D eigenvalue weighted by molar-refractivity contribution is -0.129. The largest absolute Gasteiger partial charge is 0.497 e. The van der Waals surface area contributed by atoms with E-state index in [-0.39, 0.29) is 11.8 Å². The fourth-order valence-corrected chi connectivity index (χ4v) is 2.32. The van der Waals surface area contributed by atoms with Crippen molar-refractivity contribution in [2.45, 2.75) is 18.8 Å². The molecule has 20 heavy (non-hydrogen) atoms. The Labute approximate surface area is 118 Å². The summed E-state index contributed by atoms with van der Waals surface area (Å²) in [6.45, 7) is 0. The van der Waals surface area contributed by atoms with Gasteiger partial charge in [0.05, 0.1) is 13.2 Å². The van der Waals surface area contributed by atoms with Crippen LogP contribution in [0.5, 0.6) is 5.75 Å². The number of carbonyl (C=O) groups excluding carboxylic acids is 1. The highest BCUT2D eigenvalue weighted by molar-refractivity contribution is 5.92. The Kier molecular flexibility index (Phi) is 4.76. The van der Waals surface area contributed by atoms with Gasteiger partial charge < -0.3 is 19.1 Å². The minimum absolute atomic E-state index is 0.0684. The summed E-state index contributed by atoms with van der Waals surface area (Å²) in [7, 11) is 4.77. The number of ether oxygens (including phenoxy) is 3. The van der Waals surface area contributed by atoms with Crippen molar-refractivity contribution in [3.63, 3.8) is 0 Å². The first kappa shape index (κ1) is 14.6. The number of nitrogens with zero attached hydrogens (tertiary/aromatic N) is 1. The number of allylic oxidation sites excluding steroid dienone is 1. The second-order valence-electron chi connectivity index (χ2n) is 4.50. The van der Waals surface area contributed by atoms with Crippen LogP contribution >= 0.6 is 0 Å². The van der Waals surface area contributed by atoms with Crippen molar-refractivity contribution in [3.8, 4) is 5.75 Å². The van der Waals surface area contributed by atoms with E-state index in [0.717, 1.165) is 11.4 Å². The van der Waals surface area contributed by atoms with Crippen LogP contribution in [0.25, 0.3) is 0 Å². The summed E-state index contributed by atoms with van der Waals surface area (Å²) < 4.78 is 15.8. The molecule has 1 heterocycles. The fraction of sp³-hybridized carbons (Fsp3) is 0.400. The number of ketones is 1. The second-order valence-corrected chi connectivity index (χ2v) is 4.50. The van der Waals surface area contributed by atoms with Crippen molar-refractivity contribution in [3.05, 3.63) is 36.5 Å². The topological polar surface area (TPSA) is 48.0 Å². The minimum atomic E-state index is -0.467. The Morgan fingerprint density at radius 1 is 1.15 bits per heavy atom. The third kappa shape index (κ3) is 3.00. The second kappa shape index (κ2) is 6.54. The van der Waals surface area contributed by atoms with E-state index >= 15 is 0 Å². The van der Waals surface area contributed by atoms with Crippen LogP contribution in [0.2, 0.25) is 0 Å². The van der Waals surface area contributed by atoms with Crippen molar-refractivity contribution in [1.29, 1.82) is 0 Å². The summed E-state index contributed by atoms with van der Waals surface area (Å²) in [6, 6.07) is 7.45. The van der Waals surface area contributed by atoms with Crippen LogP contribution < -0.4 is 9.64 Å². The Balaban J connectivity index is 2.29. The molecule has 5 nitrogen and oxygen atoms in total. The summed E-state index contributed by atoms with van der Waals surface area (Å²) in [5.41, 5.74) is 0.957. The molecule has 1 aliphatic rings. The molecule has 0 aliphatic carbocycles. The number of hydrogen-bond acceptors (Lipinski definition) is 5. The fourth-order valence-electron chi connectivity index (χ4n) is 2.32. The van der Waals surface area contributed by atoms with Gasteiger partial charge >= 0.3 is 0 Å². The Morgan fingerprint density at radius 3 is 2.35 bits per heavy atom.